The highest BCUT2D eigenvalue weighted by Crippen LogP contribution is 2.36. The lowest BCUT2D eigenvalue weighted by Gasteiger charge is -2.35. The lowest BCUT2D eigenvalue weighted by atomic mass is 9.83. The molecule has 1 aliphatic carbocycles. The molecule has 1 saturated heterocycles. The molecule has 0 spiro atoms. The molecule has 1 aliphatic heterocycles. The maximum absolute atomic E-state index is 13.2. The van der Waals surface area contributed by atoms with Crippen molar-refractivity contribution in [2.75, 3.05) is 36.4 Å². The first kappa shape index (κ1) is 25.3. The van der Waals surface area contributed by atoms with Crippen LogP contribution >= 0.6 is 0 Å². The maximum Gasteiger partial charge on any atom is 0.332 e. The van der Waals surface area contributed by atoms with E-state index < -0.39 is 10.2 Å². The van der Waals surface area contributed by atoms with Crippen molar-refractivity contribution >= 4 is 38.8 Å². The Morgan fingerprint density at radius 2 is 1.87 bits per heavy atom. The van der Waals surface area contributed by atoms with Crippen molar-refractivity contribution in [1.82, 2.24) is 29.6 Å². The number of aromatic nitrogens is 5. The number of piperazine rings is 1. The fraction of sp³-hybridized carbons (Fsp3) is 0.370. The fourth-order valence-electron chi connectivity index (χ4n) is 5.09. The van der Waals surface area contributed by atoms with Crippen LogP contribution in [0.15, 0.2) is 47.5 Å². The van der Waals surface area contributed by atoms with Crippen LogP contribution < -0.4 is 10.2 Å². The Bertz CT molecular complexity index is 1630. The molecule has 4 heterocycles. The molecule has 0 unspecified atom stereocenters. The second-order valence-electron chi connectivity index (χ2n) is 10.1. The van der Waals surface area contributed by atoms with Crippen molar-refractivity contribution < 1.29 is 12.3 Å². The molecule has 0 radical (unpaired) electrons. The molecule has 3 aromatic heterocycles. The van der Waals surface area contributed by atoms with E-state index >= 15 is 0 Å². The predicted octanol–water partition coefficient (Wildman–Crippen LogP) is 3.78. The minimum Gasteiger partial charge on any atom is -0.338 e. The van der Waals surface area contributed by atoms with E-state index in [1.807, 2.05) is 16.8 Å². The van der Waals surface area contributed by atoms with Gasteiger partial charge in [-0.1, -0.05) is 24.5 Å². The van der Waals surface area contributed by atoms with E-state index in [1.165, 1.54) is 31.4 Å². The summed E-state index contributed by atoms with van der Waals surface area (Å²) in [5.41, 5.74) is 2.84. The maximum atomic E-state index is 13.2. The van der Waals surface area contributed by atoms with E-state index in [-0.39, 0.29) is 4.90 Å². The van der Waals surface area contributed by atoms with Crippen molar-refractivity contribution in [3.05, 3.63) is 53.9 Å². The lowest BCUT2D eigenvalue weighted by Crippen LogP contribution is -2.46. The summed E-state index contributed by atoms with van der Waals surface area (Å²) in [5.74, 6) is 5.27. The number of benzene rings is 1. The molecule has 39 heavy (non-hydrogen) atoms. The van der Waals surface area contributed by atoms with Gasteiger partial charge in [-0.15, -0.1) is 10.3 Å². The molecule has 4 aromatic rings. The van der Waals surface area contributed by atoms with Crippen molar-refractivity contribution in [3.8, 4) is 12.3 Å². The van der Waals surface area contributed by atoms with E-state index in [0.717, 1.165) is 41.2 Å². The van der Waals surface area contributed by atoms with Crippen molar-refractivity contribution in [1.29, 1.82) is 0 Å². The molecule has 6 rings (SSSR count). The molecule has 0 amide bonds. The number of terminal acetylenes is 1. The Kier molecular flexibility index (Phi) is 6.70. The molecular weight excluding hydrogens is 519 g/mol. The summed E-state index contributed by atoms with van der Waals surface area (Å²) in [7, 11) is -4.69. The summed E-state index contributed by atoms with van der Waals surface area (Å²) >= 11 is 0. The summed E-state index contributed by atoms with van der Waals surface area (Å²) < 4.78 is 37.3. The second kappa shape index (κ2) is 10.3. The molecular formula is C27H29FN8O2S. The standard InChI is InChI=1S/C27H29FN8O2S/c1-2-11-35-12-10-22-25(29-24-17-23(32-33-24)20-4-3-5-20)30-27(31-26(22)35)36-15-13-34(14-16-36)18-19-6-8-21(9-7-19)39(28,37)38/h1,6-10,12,17,20H,3-5,11,13-16,18H2,(H2,29,30,31,32,33). The topological polar surface area (TPSA) is 112 Å². The SMILES string of the molecule is C#CCn1ccc2c(Nc3cc(C4CCC4)[nH]n3)nc(N3CCN(Cc4ccc(S(=O)(=O)F)cc4)CC3)nc21. The van der Waals surface area contributed by atoms with Crippen LogP contribution in [0.5, 0.6) is 0 Å². The number of nitrogens with one attached hydrogen (secondary N) is 2. The highest BCUT2D eigenvalue weighted by molar-refractivity contribution is 7.86. The monoisotopic (exact) mass is 548 g/mol. The number of fused-ring (bicyclic) bond motifs is 1. The Morgan fingerprint density at radius 3 is 2.54 bits per heavy atom. The highest BCUT2D eigenvalue weighted by Gasteiger charge is 2.24. The van der Waals surface area contributed by atoms with Crippen molar-refractivity contribution in [2.45, 2.75) is 43.2 Å². The lowest BCUT2D eigenvalue weighted by molar-refractivity contribution is 0.248. The third-order valence-electron chi connectivity index (χ3n) is 7.52. The van der Waals surface area contributed by atoms with Gasteiger partial charge in [0.2, 0.25) is 5.95 Å². The van der Waals surface area contributed by atoms with E-state index in [1.54, 1.807) is 12.1 Å². The van der Waals surface area contributed by atoms with Gasteiger partial charge in [-0.05, 0) is 36.6 Å². The van der Waals surface area contributed by atoms with Gasteiger partial charge in [0.1, 0.15) is 11.5 Å². The van der Waals surface area contributed by atoms with Crippen LogP contribution in [-0.2, 0) is 23.3 Å². The first-order valence-corrected chi connectivity index (χ1v) is 14.4. The smallest absolute Gasteiger partial charge is 0.332 e. The predicted molar refractivity (Wildman–Crippen MR) is 147 cm³/mol. The molecule has 12 heteroatoms. The Hall–Kier alpha value is -3.95. The summed E-state index contributed by atoms with van der Waals surface area (Å²) in [4.78, 5) is 13.9. The number of aromatic amines is 1. The van der Waals surface area contributed by atoms with Crippen LogP contribution in [0.1, 0.15) is 36.4 Å². The quantitative estimate of drug-likeness (QED) is 0.253. The molecule has 1 aromatic carbocycles. The van der Waals surface area contributed by atoms with Crippen molar-refractivity contribution in [3.63, 3.8) is 0 Å². The fourth-order valence-corrected chi connectivity index (χ4v) is 5.55. The number of hydrogen-bond donors (Lipinski definition) is 2. The first-order valence-electron chi connectivity index (χ1n) is 13.0. The third kappa shape index (κ3) is 5.32. The summed E-state index contributed by atoms with van der Waals surface area (Å²) in [6.07, 6.45) is 11.2. The zero-order valence-electron chi connectivity index (χ0n) is 21.3. The number of halogens is 1. The van der Waals surface area contributed by atoms with Gasteiger partial charge in [0.25, 0.3) is 0 Å². The average Bonchev–Trinajstić information content (AvgIpc) is 3.51. The normalized spacial score (nSPS) is 16.8. The van der Waals surface area contributed by atoms with Crippen LogP contribution in [0.2, 0.25) is 0 Å². The summed E-state index contributed by atoms with van der Waals surface area (Å²) in [5, 5.41) is 11.9. The van der Waals surface area contributed by atoms with Gasteiger partial charge < -0.3 is 14.8 Å². The molecule has 2 N–H and O–H groups in total. The van der Waals surface area contributed by atoms with E-state index in [9.17, 15) is 12.3 Å². The Labute approximate surface area is 226 Å². The highest BCUT2D eigenvalue weighted by atomic mass is 32.3. The molecule has 1 saturated carbocycles. The van der Waals surface area contributed by atoms with Gasteiger partial charge in [0, 0.05) is 56.6 Å². The van der Waals surface area contributed by atoms with Crippen LogP contribution in [0.25, 0.3) is 11.0 Å². The zero-order valence-corrected chi connectivity index (χ0v) is 22.2. The average molecular weight is 549 g/mol. The molecule has 2 fully saturated rings. The zero-order chi connectivity index (χ0) is 27.0. The molecule has 0 atom stereocenters. The summed E-state index contributed by atoms with van der Waals surface area (Å²) in [6.45, 7) is 4.01. The van der Waals surface area contributed by atoms with Gasteiger partial charge in [-0.3, -0.25) is 10.00 Å². The van der Waals surface area contributed by atoms with Crippen LogP contribution in [0.4, 0.5) is 21.5 Å². The molecule has 10 nitrogen and oxygen atoms in total. The molecule has 202 valence electrons. The minimum absolute atomic E-state index is 0.322. The van der Waals surface area contributed by atoms with Crippen LogP contribution in [0, 0.1) is 12.3 Å². The molecule has 2 aliphatic rings. The molecule has 0 bridgehead atoms. The number of nitrogens with zero attached hydrogens (tertiary/aromatic N) is 6. The first-order chi connectivity index (χ1) is 18.9. The van der Waals surface area contributed by atoms with E-state index in [0.29, 0.717) is 43.9 Å². The number of hydrogen-bond acceptors (Lipinski definition) is 8. The minimum atomic E-state index is -4.69. The van der Waals surface area contributed by atoms with Crippen LogP contribution in [0.3, 0.4) is 0 Å². The van der Waals surface area contributed by atoms with Crippen LogP contribution in [-0.4, -0.2) is 64.2 Å². The van der Waals surface area contributed by atoms with Gasteiger partial charge in [-0.2, -0.15) is 23.5 Å². The number of rotatable bonds is 8. The second-order valence-corrected chi connectivity index (χ2v) is 11.4. The Morgan fingerprint density at radius 1 is 1.10 bits per heavy atom. The number of H-pyrrole nitrogens is 1. The van der Waals surface area contributed by atoms with Gasteiger partial charge >= 0.3 is 10.2 Å². The Balaban J connectivity index is 1.19. The van der Waals surface area contributed by atoms with Gasteiger partial charge in [0.15, 0.2) is 5.82 Å². The summed E-state index contributed by atoms with van der Waals surface area (Å²) in [6, 6.07) is 9.94. The van der Waals surface area contributed by atoms with Gasteiger partial charge in [-0.25, -0.2) is 0 Å². The van der Waals surface area contributed by atoms with Gasteiger partial charge in [0.05, 0.1) is 16.8 Å². The third-order valence-corrected chi connectivity index (χ3v) is 8.36. The van der Waals surface area contributed by atoms with E-state index in [2.05, 4.69) is 37.3 Å². The van der Waals surface area contributed by atoms with Crippen molar-refractivity contribution in [2.24, 2.45) is 0 Å². The van der Waals surface area contributed by atoms with E-state index in [4.69, 9.17) is 16.4 Å². The largest absolute Gasteiger partial charge is 0.338 e. The number of anilines is 3.